The van der Waals surface area contributed by atoms with Crippen LogP contribution in [0.25, 0.3) is 0 Å². The summed E-state index contributed by atoms with van der Waals surface area (Å²) in [6, 6.07) is 0. The van der Waals surface area contributed by atoms with E-state index in [1.54, 1.807) is 4.90 Å². The van der Waals surface area contributed by atoms with Crippen molar-refractivity contribution >= 4 is 11.9 Å². The lowest BCUT2D eigenvalue weighted by molar-refractivity contribution is -0.125. The number of rotatable bonds is 0. The van der Waals surface area contributed by atoms with E-state index in [4.69, 9.17) is 4.74 Å². The molecule has 2 fully saturated rings. The number of hydrogen-bond donors (Lipinski definition) is 0. The molecule has 2 rings (SSSR count). The van der Waals surface area contributed by atoms with Crippen LogP contribution in [0.15, 0.2) is 0 Å². The number of amides is 1. The Morgan fingerprint density at radius 3 is 2.74 bits per heavy atom. The Bertz CT molecular complexity index is 385. The van der Waals surface area contributed by atoms with Gasteiger partial charge >= 0.3 is 6.09 Å². The van der Waals surface area contributed by atoms with Gasteiger partial charge in [0.2, 0.25) is 0 Å². The molecule has 1 saturated carbocycles. The molecule has 19 heavy (non-hydrogen) atoms. The van der Waals surface area contributed by atoms with Gasteiger partial charge in [-0.1, -0.05) is 6.92 Å². The maximum Gasteiger partial charge on any atom is 0.410 e. The lowest BCUT2D eigenvalue weighted by Crippen LogP contribution is -2.39. The predicted octanol–water partition coefficient (Wildman–Crippen LogP) is 3.00. The van der Waals surface area contributed by atoms with Crippen LogP contribution < -0.4 is 0 Å². The van der Waals surface area contributed by atoms with Gasteiger partial charge in [0.1, 0.15) is 11.4 Å². The molecule has 108 valence electrons. The van der Waals surface area contributed by atoms with Crippen molar-refractivity contribution in [1.82, 2.24) is 4.90 Å². The van der Waals surface area contributed by atoms with Crippen molar-refractivity contribution in [2.24, 2.45) is 11.3 Å². The Hall–Kier alpha value is -1.06. The Labute approximate surface area is 115 Å². The van der Waals surface area contributed by atoms with Crippen LogP contribution in [-0.4, -0.2) is 35.5 Å². The molecule has 0 radical (unpaired) electrons. The second-order valence-electron chi connectivity index (χ2n) is 7.48. The summed E-state index contributed by atoms with van der Waals surface area (Å²) in [7, 11) is 0. The molecule has 0 aromatic rings. The zero-order valence-corrected chi connectivity index (χ0v) is 12.5. The number of hydrogen-bond acceptors (Lipinski definition) is 3. The van der Waals surface area contributed by atoms with E-state index in [-0.39, 0.29) is 11.5 Å². The maximum absolute atomic E-state index is 12.2. The Kier molecular flexibility index (Phi) is 3.63. The van der Waals surface area contributed by atoms with Gasteiger partial charge in [-0.2, -0.15) is 0 Å². The normalized spacial score (nSPS) is 31.9. The van der Waals surface area contributed by atoms with E-state index in [1.807, 2.05) is 20.8 Å². The number of likely N-dealkylation sites (tertiary alicyclic amines) is 1. The fraction of sp³-hybridized carbons (Fsp3) is 0.867. The quantitative estimate of drug-likeness (QED) is 0.678. The minimum atomic E-state index is -0.460. The van der Waals surface area contributed by atoms with Crippen molar-refractivity contribution in [2.75, 3.05) is 13.1 Å². The van der Waals surface area contributed by atoms with Crippen LogP contribution in [0.1, 0.15) is 53.4 Å². The standard InChI is InChI=1S/C15H25NO3/c1-14(2,3)19-13(18)16-6-5-15(4)8-11(10-16)7-12(17)9-15/h11H,5-10H2,1-4H3/t11?,15-/m1/s1. The SMILES string of the molecule is CC(C)(C)OC(=O)N1CC[C@@]2(C)CC(=O)CC(C1)C2. The van der Waals surface area contributed by atoms with Gasteiger partial charge in [-0.15, -0.1) is 0 Å². The molecule has 1 saturated heterocycles. The van der Waals surface area contributed by atoms with E-state index in [1.165, 1.54) is 0 Å². The lowest BCUT2D eigenvalue weighted by Gasteiger charge is -2.34. The molecular formula is C15H25NO3. The van der Waals surface area contributed by atoms with Gasteiger partial charge in [-0.25, -0.2) is 4.79 Å². The number of nitrogens with zero attached hydrogens (tertiary/aromatic N) is 1. The predicted molar refractivity (Wildman–Crippen MR) is 72.9 cm³/mol. The van der Waals surface area contributed by atoms with Crippen molar-refractivity contribution in [2.45, 2.75) is 59.0 Å². The van der Waals surface area contributed by atoms with E-state index in [0.717, 1.165) is 12.8 Å². The first kappa shape index (κ1) is 14.4. The van der Waals surface area contributed by atoms with Crippen molar-refractivity contribution in [3.8, 4) is 0 Å². The second-order valence-corrected chi connectivity index (χ2v) is 7.48. The van der Waals surface area contributed by atoms with E-state index in [2.05, 4.69) is 6.92 Å². The summed E-state index contributed by atoms with van der Waals surface area (Å²) in [5.41, 5.74) is -0.380. The van der Waals surface area contributed by atoms with Crippen molar-refractivity contribution in [1.29, 1.82) is 0 Å². The van der Waals surface area contributed by atoms with Gasteiger partial charge in [-0.3, -0.25) is 4.79 Å². The fourth-order valence-corrected chi connectivity index (χ4v) is 3.33. The average molecular weight is 267 g/mol. The molecule has 0 aromatic carbocycles. The zero-order valence-electron chi connectivity index (χ0n) is 12.5. The van der Waals surface area contributed by atoms with E-state index < -0.39 is 5.60 Å². The summed E-state index contributed by atoms with van der Waals surface area (Å²) in [6.07, 6.45) is 3.00. The van der Waals surface area contributed by atoms with Gasteiger partial charge in [0.25, 0.3) is 0 Å². The van der Waals surface area contributed by atoms with Gasteiger partial charge in [0, 0.05) is 25.9 Å². The number of fused-ring (bicyclic) bond motifs is 2. The fourth-order valence-electron chi connectivity index (χ4n) is 3.33. The second kappa shape index (κ2) is 4.80. The number of ketones is 1. The van der Waals surface area contributed by atoms with Crippen molar-refractivity contribution in [3.05, 3.63) is 0 Å². The molecule has 1 amide bonds. The van der Waals surface area contributed by atoms with Crippen LogP contribution in [0.5, 0.6) is 0 Å². The van der Waals surface area contributed by atoms with Crippen LogP contribution >= 0.6 is 0 Å². The van der Waals surface area contributed by atoms with Crippen LogP contribution in [0.4, 0.5) is 4.79 Å². The van der Waals surface area contributed by atoms with Crippen LogP contribution in [0.2, 0.25) is 0 Å². The highest BCUT2D eigenvalue weighted by atomic mass is 16.6. The molecule has 0 aromatic heterocycles. The summed E-state index contributed by atoms with van der Waals surface area (Å²) in [5, 5.41) is 0. The number of Topliss-reactive ketones (excluding diaryl/α,β-unsaturated/α-hetero) is 1. The molecule has 1 aliphatic carbocycles. The molecule has 0 spiro atoms. The summed E-state index contributed by atoms with van der Waals surface area (Å²) in [6.45, 7) is 9.19. The third-order valence-electron chi connectivity index (χ3n) is 4.04. The molecule has 1 unspecified atom stereocenters. The highest BCUT2D eigenvalue weighted by Gasteiger charge is 2.41. The van der Waals surface area contributed by atoms with Gasteiger partial charge in [0.05, 0.1) is 0 Å². The zero-order chi connectivity index (χ0) is 14.3. The summed E-state index contributed by atoms with van der Waals surface area (Å²) >= 11 is 0. The Morgan fingerprint density at radius 2 is 2.11 bits per heavy atom. The molecule has 4 nitrogen and oxygen atoms in total. The highest BCUT2D eigenvalue weighted by molar-refractivity contribution is 5.80. The largest absolute Gasteiger partial charge is 0.444 e. The van der Waals surface area contributed by atoms with Gasteiger partial charge in [-0.05, 0) is 44.9 Å². The minimum absolute atomic E-state index is 0.0801. The number of ether oxygens (including phenoxy) is 1. The summed E-state index contributed by atoms with van der Waals surface area (Å²) in [5.74, 6) is 0.658. The third-order valence-corrected chi connectivity index (χ3v) is 4.04. The first-order valence-corrected chi connectivity index (χ1v) is 7.17. The maximum atomic E-state index is 12.2. The van der Waals surface area contributed by atoms with Crippen molar-refractivity contribution < 1.29 is 14.3 Å². The first-order valence-electron chi connectivity index (χ1n) is 7.17. The smallest absolute Gasteiger partial charge is 0.410 e. The van der Waals surface area contributed by atoms with Crippen molar-refractivity contribution in [3.63, 3.8) is 0 Å². The van der Waals surface area contributed by atoms with Crippen LogP contribution in [0.3, 0.4) is 0 Å². The molecule has 2 bridgehead atoms. The Balaban J connectivity index is 2.06. The average Bonchev–Trinajstić information content (AvgIpc) is 2.31. The van der Waals surface area contributed by atoms with E-state index in [0.29, 0.717) is 37.6 Å². The molecule has 0 N–H and O–H groups in total. The Morgan fingerprint density at radius 1 is 1.42 bits per heavy atom. The summed E-state index contributed by atoms with van der Waals surface area (Å²) in [4.78, 5) is 25.8. The lowest BCUT2D eigenvalue weighted by atomic mass is 9.69. The summed E-state index contributed by atoms with van der Waals surface area (Å²) < 4.78 is 5.44. The monoisotopic (exact) mass is 267 g/mol. The van der Waals surface area contributed by atoms with Gasteiger partial charge < -0.3 is 9.64 Å². The van der Waals surface area contributed by atoms with E-state index >= 15 is 0 Å². The van der Waals surface area contributed by atoms with Crippen LogP contribution in [0, 0.1) is 11.3 Å². The third kappa shape index (κ3) is 3.71. The molecule has 2 aliphatic rings. The van der Waals surface area contributed by atoms with Gasteiger partial charge in [0.15, 0.2) is 0 Å². The number of carbonyl (C=O) groups excluding carboxylic acids is 2. The van der Waals surface area contributed by atoms with E-state index in [9.17, 15) is 9.59 Å². The van der Waals surface area contributed by atoms with Crippen LogP contribution in [-0.2, 0) is 9.53 Å². The first-order chi connectivity index (χ1) is 8.67. The molecule has 2 atom stereocenters. The molecule has 1 aliphatic heterocycles. The number of carbonyl (C=O) groups is 2. The molecular weight excluding hydrogens is 242 g/mol. The highest BCUT2D eigenvalue weighted by Crippen LogP contribution is 2.42. The minimum Gasteiger partial charge on any atom is -0.444 e. The topological polar surface area (TPSA) is 46.6 Å². The molecule has 1 heterocycles. The molecule has 4 heteroatoms.